The van der Waals surface area contributed by atoms with E-state index in [4.69, 9.17) is 22.1 Å². The zero-order chi connectivity index (χ0) is 106. The summed E-state index contributed by atoms with van der Waals surface area (Å²) in [4.78, 5) is 17.2. The number of hydrogen-bond acceptors (Lipinski definition) is 9. The smallest absolute Gasteiger partial charge is 0.227 e. The average Bonchev–Trinajstić information content (AvgIpc) is 1.63. The van der Waals surface area contributed by atoms with Gasteiger partial charge in [-0.2, -0.15) is 0 Å². The Labute approximate surface area is 854 Å². The fraction of sp³-hybridized carbons (Fsp3) is 0.281. The molecule has 0 atom stereocenters. The van der Waals surface area contributed by atoms with Crippen LogP contribution in [0.4, 0.5) is 0 Å². The van der Waals surface area contributed by atoms with Gasteiger partial charge < -0.3 is 22.1 Å². The van der Waals surface area contributed by atoms with Crippen LogP contribution in [0.3, 0.4) is 0 Å². The number of furan rings is 5. The molecule has 15 heterocycles. The Kier molecular flexibility index (Phi) is 51.6. The van der Waals surface area contributed by atoms with Crippen LogP contribution in [0.25, 0.3) is 177 Å². The SMILES string of the molecule is CC.CC.CC.CC.CC.CC.CC.CC.CC.CC.CC.CC.Cc1ccc2c(oc3ccccc32)c1-c1cccc[n+]1C.Cc1ccc2c(oc3cccnc32)c1-c1cccc[n+]1C.Cc1ccc2c(oc3ccncc32)c1-c1cccc[n+]1C.Cc1ccc2c(oc3cnccc32)c1-c1cccc[n+]1C.Cc1ccc2c(oc3ncccc32)c1-c1cccc[n+]1C.Cc1ccccc1-c1cccc[n+]1C. The van der Waals surface area contributed by atoms with E-state index in [0.29, 0.717) is 5.71 Å². The molecule has 0 amide bonds. The molecule has 0 aliphatic carbocycles. The second kappa shape index (κ2) is 62.3. The highest BCUT2D eigenvalue weighted by atomic mass is 16.3. The molecule has 22 aromatic rings. The van der Waals surface area contributed by atoms with Gasteiger partial charge in [0.2, 0.25) is 39.9 Å². The molecular weight excluding hydrogens is 1760 g/mol. The molecule has 0 radical (unpaired) electrons. The number of aromatic nitrogens is 10. The van der Waals surface area contributed by atoms with Crippen LogP contribution in [-0.2, 0) is 42.3 Å². The average molecular weight is 1920 g/mol. The first kappa shape index (κ1) is 119. The lowest BCUT2D eigenvalue weighted by atomic mass is 10.0. The molecule has 748 valence electrons. The van der Waals surface area contributed by atoms with Gasteiger partial charge in [-0.15, -0.1) is 0 Å². The largest absolute Gasteiger partial charge is 0.455 e. The highest BCUT2D eigenvalue weighted by Crippen LogP contribution is 2.42. The van der Waals surface area contributed by atoms with Crippen LogP contribution in [0, 0.1) is 41.5 Å². The van der Waals surface area contributed by atoms with Crippen LogP contribution in [0.1, 0.15) is 200 Å². The molecule has 15 aromatic heterocycles. The van der Waals surface area contributed by atoms with Crippen molar-refractivity contribution in [3.63, 3.8) is 0 Å². The predicted molar refractivity (Wildman–Crippen MR) is 610 cm³/mol. The Bertz CT molecular complexity index is 6600. The van der Waals surface area contributed by atoms with Gasteiger partial charge in [-0.1, -0.05) is 257 Å². The topological polar surface area (TPSA) is 141 Å². The molecule has 0 N–H and O–H groups in total. The van der Waals surface area contributed by atoms with Gasteiger partial charge in [-0.25, -0.2) is 32.4 Å². The number of rotatable bonds is 6. The molecule has 15 heteroatoms. The zero-order valence-electron chi connectivity index (χ0n) is 92.7. The lowest BCUT2D eigenvalue weighted by molar-refractivity contribution is -0.660. The Morgan fingerprint density at radius 1 is 0.189 bits per heavy atom. The van der Waals surface area contributed by atoms with Crippen molar-refractivity contribution in [1.29, 1.82) is 0 Å². The molecule has 143 heavy (non-hydrogen) atoms. The first-order valence-electron chi connectivity index (χ1n) is 51.8. The summed E-state index contributed by atoms with van der Waals surface area (Å²) in [5.74, 6) is 0. The summed E-state index contributed by atoms with van der Waals surface area (Å²) in [6.45, 7) is 60.7. The van der Waals surface area contributed by atoms with E-state index in [9.17, 15) is 0 Å². The Balaban J connectivity index is 0.000000290. The van der Waals surface area contributed by atoms with Crippen LogP contribution in [-0.4, -0.2) is 19.9 Å². The van der Waals surface area contributed by atoms with E-state index in [0.717, 1.165) is 138 Å². The molecule has 22 rings (SSSR count). The lowest BCUT2D eigenvalue weighted by Gasteiger charge is -2.04. The lowest BCUT2D eigenvalue weighted by Crippen LogP contribution is -2.30. The van der Waals surface area contributed by atoms with Crippen LogP contribution in [0.2, 0.25) is 0 Å². The number of aryl methyl sites for hydroxylation is 12. The second-order valence-corrected chi connectivity index (χ2v) is 30.1. The number of benzene rings is 7. The van der Waals surface area contributed by atoms with Crippen molar-refractivity contribution in [2.24, 2.45) is 42.3 Å². The fourth-order valence-corrected chi connectivity index (χ4v) is 16.2. The minimum atomic E-state index is 0.693. The number of hydrogen-bond donors (Lipinski definition) is 0. The summed E-state index contributed by atoms with van der Waals surface area (Å²) in [5.41, 5.74) is 31.1. The first-order valence-corrected chi connectivity index (χ1v) is 51.8. The van der Waals surface area contributed by atoms with Crippen LogP contribution >= 0.6 is 0 Å². The normalized spacial score (nSPS) is 9.82. The van der Waals surface area contributed by atoms with E-state index in [1.165, 1.54) is 66.7 Å². The minimum absolute atomic E-state index is 0.693. The summed E-state index contributed by atoms with van der Waals surface area (Å²) < 4.78 is 43.3. The quantitative estimate of drug-likeness (QED) is 0.149. The van der Waals surface area contributed by atoms with Crippen LogP contribution < -0.4 is 27.4 Å². The van der Waals surface area contributed by atoms with Crippen molar-refractivity contribution in [2.75, 3.05) is 0 Å². The highest BCUT2D eigenvalue weighted by Gasteiger charge is 2.27. The zero-order valence-corrected chi connectivity index (χ0v) is 92.7. The number of pyridine rings is 10. The minimum Gasteiger partial charge on any atom is -0.455 e. The maximum atomic E-state index is 6.16. The molecule has 0 spiro atoms. The van der Waals surface area contributed by atoms with Gasteiger partial charge >= 0.3 is 0 Å². The highest BCUT2D eigenvalue weighted by molar-refractivity contribution is 6.13. The predicted octanol–water partition coefficient (Wildman–Crippen LogP) is 34.3. The van der Waals surface area contributed by atoms with E-state index in [1.54, 1.807) is 31.0 Å². The van der Waals surface area contributed by atoms with Gasteiger partial charge in [0.1, 0.15) is 75.7 Å². The third kappa shape index (κ3) is 28.1. The molecular formula is C128H162N10O5+6. The molecule has 0 unspecified atom stereocenters. The van der Waals surface area contributed by atoms with Gasteiger partial charge in [-0.05, 0) is 166 Å². The maximum Gasteiger partial charge on any atom is 0.227 e. The third-order valence-electron chi connectivity index (χ3n) is 22.3. The summed E-state index contributed by atoms with van der Waals surface area (Å²) in [5, 5.41) is 10.0. The number of fused-ring (bicyclic) bond motifs is 15. The van der Waals surface area contributed by atoms with E-state index < -0.39 is 0 Å². The summed E-state index contributed by atoms with van der Waals surface area (Å²) in [7, 11) is 12.3. The maximum absolute atomic E-state index is 6.16. The number of para-hydroxylation sites is 1. The Hall–Kier alpha value is -15.0. The molecule has 0 fully saturated rings. The van der Waals surface area contributed by atoms with E-state index in [2.05, 4.69) is 344 Å². The van der Waals surface area contributed by atoms with Crippen LogP contribution in [0.5, 0.6) is 0 Å². The fourth-order valence-electron chi connectivity index (χ4n) is 16.2. The third-order valence-corrected chi connectivity index (χ3v) is 22.3. The Morgan fingerprint density at radius 2 is 0.469 bits per heavy atom. The van der Waals surface area contributed by atoms with Crippen molar-refractivity contribution in [2.45, 2.75) is 208 Å². The molecule has 0 aliphatic rings. The van der Waals surface area contributed by atoms with Crippen molar-refractivity contribution in [3.05, 3.63) is 363 Å². The van der Waals surface area contributed by atoms with Gasteiger partial charge in [-0.3, -0.25) is 15.0 Å². The van der Waals surface area contributed by atoms with Crippen molar-refractivity contribution in [1.82, 2.24) is 19.9 Å². The second-order valence-electron chi connectivity index (χ2n) is 30.1. The van der Waals surface area contributed by atoms with E-state index >= 15 is 0 Å². The standard InChI is InChI=1S/C19H16NO.4C18H15N2O.C13H14N.12C2H6/c1-13-10-11-15-14-7-3-4-9-17(14)21-19(15)18(13)16-8-5-6-12-20(16)2;1-12-8-9-13-14-6-5-10-19-18(14)21-17(13)16(12)15-7-3-4-11-20(15)2;1-12-8-9-13-17-15(7-5-10-19-17)21-18(13)16(12)14-6-3-4-11-20(14)2;1-12-6-7-14-13-8-9-19-11-16(13)21-18(14)17(12)15-5-3-4-10-20(15)2;1-12-6-7-13-14-11-19-9-8-16(14)21-18(13)17(12)15-5-3-4-10-20(15)2;1-11-7-3-4-8-12(11)13-9-5-6-10-14(13)2;12*1-2/h3-12H,1-2H3;4*3-11H,1-2H3;3-10H,1-2H3;12*1-2H3/q6*+1;;;;;;;;;;;;. The van der Waals surface area contributed by atoms with E-state index in [-0.39, 0.29) is 0 Å². The monoisotopic (exact) mass is 1920 g/mol. The molecule has 0 bridgehead atoms. The van der Waals surface area contributed by atoms with Gasteiger partial charge in [0, 0.05) is 158 Å². The molecule has 0 saturated heterocycles. The summed E-state index contributed by atoms with van der Waals surface area (Å²) >= 11 is 0. The van der Waals surface area contributed by atoms with Gasteiger partial charge in [0.25, 0.3) is 0 Å². The molecule has 0 aliphatic heterocycles. The van der Waals surface area contributed by atoms with Crippen molar-refractivity contribution >= 4 is 110 Å². The van der Waals surface area contributed by atoms with Crippen molar-refractivity contribution < 1.29 is 49.5 Å². The van der Waals surface area contributed by atoms with Gasteiger partial charge in [0.15, 0.2) is 59.5 Å². The Morgan fingerprint density at radius 3 is 0.874 bits per heavy atom. The summed E-state index contributed by atoms with van der Waals surface area (Å²) in [6, 6.07) is 87.1. The van der Waals surface area contributed by atoms with Crippen LogP contribution in [0.15, 0.2) is 351 Å². The molecule has 15 nitrogen and oxygen atoms in total. The molecule has 7 aromatic carbocycles. The molecule has 0 saturated carbocycles. The first-order chi connectivity index (χ1) is 70.1. The van der Waals surface area contributed by atoms with Crippen molar-refractivity contribution in [3.8, 4) is 67.5 Å². The summed E-state index contributed by atoms with van der Waals surface area (Å²) in [6.07, 6.45) is 23.1. The number of nitrogens with zero attached hydrogens (tertiary/aromatic N) is 10. The van der Waals surface area contributed by atoms with Gasteiger partial charge in [0.05, 0.1) is 34.0 Å². The van der Waals surface area contributed by atoms with E-state index in [1.807, 2.05) is 251 Å².